The van der Waals surface area contributed by atoms with Crippen LogP contribution in [0.3, 0.4) is 0 Å². The minimum atomic E-state index is -1.16. The molecule has 2 nitrogen and oxygen atoms in total. The molecule has 72 valence electrons. The lowest BCUT2D eigenvalue weighted by molar-refractivity contribution is 0.315. The van der Waals surface area contributed by atoms with Gasteiger partial charge in [-0.05, 0) is 32.0 Å². The number of phenolic OH excluding ortho intramolecular Hbond substituents is 1. The van der Waals surface area contributed by atoms with Crippen molar-refractivity contribution in [2.75, 3.05) is 6.54 Å². The fourth-order valence-electron chi connectivity index (χ4n) is 1.23. The van der Waals surface area contributed by atoms with E-state index in [2.05, 4.69) is 0 Å². The standard InChI is InChI=1S/C10H14FNO/c1-7-2-3-10(13)8(6-7)9(11)4-5-12/h2-3,6,9,13H,4-5,12H2,1H3. The highest BCUT2D eigenvalue weighted by molar-refractivity contribution is 5.37. The summed E-state index contributed by atoms with van der Waals surface area (Å²) in [4.78, 5) is 0. The molecule has 1 atom stereocenters. The number of halogens is 1. The number of aryl methyl sites for hydroxylation is 1. The fourth-order valence-corrected chi connectivity index (χ4v) is 1.23. The zero-order chi connectivity index (χ0) is 9.84. The third-order valence-corrected chi connectivity index (χ3v) is 1.94. The maximum atomic E-state index is 13.3. The number of nitrogens with two attached hydrogens (primary N) is 1. The molecule has 0 bridgehead atoms. The Kier molecular flexibility index (Phi) is 3.25. The van der Waals surface area contributed by atoms with E-state index in [9.17, 15) is 9.50 Å². The van der Waals surface area contributed by atoms with Crippen LogP contribution in [0.4, 0.5) is 4.39 Å². The first-order valence-electron chi connectivity index (χ1n) is 4.29. The van der Waals surface area contributed by atoms with E-state index in [4.69, 9.17) is 5.73 Å². The van der Waals surface area contributed by atoms with E-state index in [0.717, 1.165) is 5.56 Å². The van der Waals surface area contributed by atoms with Crippen LogP contribution < -0.4 is 5.73 Å². The van der Waals surface area contributed by atoms with Crippen molar-refractivity contribution in [3.05, 3.63) is 29.3 Å². The van der Waals surface area contributed by atoms with Crippen LogP contribution in [-0.4, -0.2) is 11.7 Å². The average Bonchev–Trinajstić information content (AvgIpc) is 2.09. The van der Waals surface area contributed by atoms with Gasteiger partial charge in [0.2, 0.25) is 0 Å². The molecule has 13 heavy (non-hydrogen) atoms. The number of rotatable bonds is 3. The van der Waals surface area contributed by atoms with Crippen LogP contribution in [-0.2, 0) is 0 Å². The highest BCUT2D eigenvalue weighted by Gasteiger charge is 2.12. The molecule has 1 rings (SSSR count). The van der Waals surface area contributed by atoms with E-state index in [0.29, 0.717) is 5.56 Å². The summed E-state index contributed by atoms with van der Waals surface area (Å²) in [6, 6.07) is 4.90. The molecular weight excluding hydrogens is 169 g/mol. The van der Waals surface area contributed by atoms with Crippen LogP contribution in [0.2, 0.25) is 0 Å². The van der Waals surface area contributed by atoms with Gasteiger partial charge in [-0.2, -0.15) is 0 Å². The van der Waals surface area contributed by atoms with E-state index in [-0.39, 0.29) is 18.7 Å². The van der Waals surface area contributed by atoms with Crippen molar-refractivity contribution in [1.29, 1.82) is 0 Å². The summed E-state index contributed by atoms with van der Waals surface area (Å²) in [5.41, 5.74) is 6.51. The fraction of sp³-hybridized carbons (Fsp3) is 0.400. The number of benzene rings is 1. The highest BCUT2D eigenvalue weighted by atomic mass is 19.1. The molecular formula is C10H14FNO. The van der Waals surface area contributed by atoms with Gasteiger partial charge in [0.25, 0.3) is 0 Å². The monoisotopic (exact) mass is 183 g/mol. The molecule has 0 radical (unpaired) electrons. The van der Waals surface area contributed by atoms with Crippen LogP contribution in [0.25, 0.3) is 0 Å². The number of alkyl halides is 1. The van der Waals surface area contributed by atoms with Crippen LogP contribution in [0.5, 0.6) is 5.75 Å². The lowest BCUT2D eigenvalue weighted by atomic mass is 10.0. The largest absolute Gasteiger partial charge is 0.508 e. The second-order valence-corrected chi connectivity index (χ2v) is 3.11. The van der Waals surface area contributed by atoms with Gasteiger partial charge in [0.1, 0.15) is 11.9 Å². The van der Waals surface area contributed by atoms with Gasteiger partial charge in [0, 0.05) is 5.56 Å². The van der Waals surface area contributed by atoms with Crippen LogP contribution in [0, 0.1) is 6.92 Å². The van der Waals surface area contributed by atoms with E-state index >= 15 is 0 Å². The van der Waals surface area contributed by atoms with E-state index in [1.54, 1.807) is 12.1 Å². The van der Waals surface area contributed by atoms with Crippen molar-refractivity contribution in [3.8, 4) is 5.75 Å². The molecule has 1 unspecified atom stereocenters. The third kappa shape index (κ3) is 2.42. The summed E-state index contributed by atoms with van der Waals surface area (Å²) in [6.07, 6.45) is -0.915. The van der Waals surface area contributed by atoms with Gasteiger partial charge in [-0.25, -0.2) is 4.39 Å². The van der Waals surface area contributed by atoms with Gasteiger partial charge in [0.05, 0.1) is 0 Å². The zero-order valence-corrected chi connectivity index (χ0v) is 7.63. The quantitative estimate of drug-likeness (QED) is 0.753. The molecule has 0 aromatic heterocycles. The maximum Gasteiger partial charge on any atom is 0.130 e. The molecule has 0 fully saturated rings. The molecule has 0 aliphatic rings. The van der Waals surface area contributed by atoms with Gasteiger partial charge in [-0.1, -0.05) is 11.6 Å². The normalized spacial score (nSPS) is 12.8. The first kappa shape index (κ1) is 9.99. The summed E-state index contributed by atoms with van der Waals surface area (Å²) >= 11 is 0. The van der Waals surface area contributed by atoms with Crippen molar-refractivity contribution in [1.82, 2.24) is 0 Å². The Morgan fingerprint density at radius 2 is 2.23 bits per heavy atom. The van der Waals surface area contributed by atoms with E-state index in [1.807, 2.05) is 6.92 Å². The smallest absolute Gasteiger partial charge is 0.130 e. The van der Waals surface area contributed by atoms with Gasteiger partial charge in [-0.3, -0.25) is 0 Å². The summed E-state index contributed by atoms with van der Waals surface area (Å²) in [6.45, 7) is 2.15. The second kappa shape index (κ2) is 4.23. The Balaban J connectivity index is 2.91. The van der Waals surface area contributed by atoms with Gasteiger partial charge < -0.3 is 10.8 Å². The number of hydrogen-bond acceptors (Lipinski definition) is 2. The third-order valence-electron chi connectivity index (χ3n) is 1.94. The Hall–Kier alpha value is -1.09. The predicted octanol–water partition coefficient (Wildman–Crippen LogP) is 2.06. The molecule has 0 heterocycles. The molecule has 0 amide bonds. The second-order valence-electron chi connectivity index (χ2n) is 3.11. The summed E-state index contributed by atoms with van der Waals surface area (Å²) < 4.78 is 13.3. The van der Waals surface area contributed by atoms with Crippen molar-refractivity contribution in [2.45, 2.75) is 19.5 Å². The summed E-state index contributed by atoms with van der Waals surface area (Å²) in [7, 11) is 0. The first-order chi connectivity index (χ1) is 6.15. The van der Waals surface area contributed by atoms with Gasteiger partial charge in [0.15, 0.2) is 0 Å². The lowest BCUT2D eigenvalue weighted by Crippen LogP contribution is -2.03. The summed E-state index contributed by atoms with van der Waals surface area (Å²) in [5, 5.41) is 9.35. The number of hydrogen-bond donors (Lipinski definition) is 2. The van der Waals surface area contributed by atoms with Crippen molar-refractivity contribution >= 4 is 0 Å². The molecule has 1 aromatic rings. The number of phenols is 1. The Bertz CT molecular complexity index is 288. The molecule has 0 aliphatic heterocycles. The SMILES string of the molecule is Cc1ccc(O)c(C(F)CCN)c1. The van der Waals surface area contributed by atoms with Gasteiger partial charge in [-0.15, -0.1) is 0 Å². The zero-order valence-electron chi connectivity index (χ0n) is 7.63. The van der Waals surface area contributed by atoms with Crippen molar-refractivity contribution in [2.24, 2.45) is 5.73 Å². The molecule has 0 saturated heterocycles. The predicted molar refractivity (Wildman–Crippen MR) is 50.4 cm³/mol. The molecule has 3 N–H and O–H groups in total. The summed E-state index contributed by atoms with van der Waals surface area (Å²) in [5.74, 6) is 0.00606. The van der Waals surface area contributed by atoms with Gasteiger partial charge >= 0.3 is 0 Å². The maximum absolute atomic E-state index is 13.3. The van der Waals surface area contributed by atoms with Crippen molar-refractivity contribution < 1.29 is 9.50 Å². The molecule has 0 aliphatic carbocycles. The molecule has 3 heteroatoms. The topological polar surface area (TPSA) is 46.2 Å². The van der Waals surface area contributed by atoms with Crippen molar-refractivity contribution in [3.63, 3.8) is 0 Å². The first-order valence-corrected chi connectivity index (χ1v) is 4.29. The Labute approximate surface area is 77.2 Å². The van der Waals surface area contributed by atoms with E-state index < -0.39 is 6.17 Å². The van der Waals surface area contributed by atoms with Crippen LogP contribution in [0.15, 0.2) is 18.2 Å². The minimum absolute atomic E-state index is 0.00606. The van der Waals surface area contributed by atoms with Crippen LogP contribution >= 0.6 is 0 Å². The molecule has 0 spiro atoms. The minimum Gasteiger partial charge on any atom is -0.508 e. The van der Waals surface area contributed by atoms with Crippen LogP contribution in [0.1, 0.15) is 23.7 Å². The Morgan fingerprint density at radius 1 is 1.54 bits per heavy atom. The average molecular weight is 183 g/mol. The Morgan fingerprint density at radius 3 is 2.85 bits per heavy atom. The molecule has 1 aromatic carbocycles. The number of aromatic hydroxyl groups is 1. The van der Waals surface area contributed by atoms with E-state index in [1.165, 1.54) is 6.07 Å². The highest BCUT2D eigenvalue weighted by Crippen LogP contribution is 2.29. The molecule has 0 saturated carbocycles. The lowest BCUT2D eigenvalue weighted by Gasteiger charge is -2.09.